The summed E-state index contributed by atoms with van der Waals surface area (Å²) in [6.45, 7) is 0.762. The molecule has 90 valence electrons. The molecule has 4 nitrogen and oxygen atoms in total. The minimum Gasteiger partial charge on any atom is -0.353 e. The van der Waals surface area contributed by atoms with Crippen LogP contribution in [0.4, 0.5) is 5.95 Å². The molecule has 0 amide bonds. The van der Waals surface area contributed by atoms with Crippen LogP contribution in [0.2, 0.25) is 0 Å². The smallest absolute Gasteiger partial charge is 0.201 e. The van der Waals surface area contributed by atoms with Gasteiger partial charge in [-0.25, -0.2) is 4.98 Å². The number of aromatic nitrogens is 2. The van der Waals surface area contributed by atoms with E-state index in [0.29, 0.717) is 12.0 Å². The van der Waals surface area contributed by atoms with E-state index in [2.05, 4.69) is 15.3 Å². The SMILES string of the molecule is NCC1CCCC1Nc1nc2ccccc2[nH]1. The second-order valence-corrected chi connectivity index (χ2v) is 4.78. The lowest BCUT2D eigenvalue weighted by Gasteiger charge is -2.18. The summed E-state index contributed by atoms with van der Waals surface area (Å²) in [5, 5.41) is 3.48. The van der Waals surface area contributed by atoms with E-state index in [-0.39, 0.29) is 0 Å². The maximum absolute atomic E-state index is 5.78. The van der Waals surface area contributed by atoms with Gasteiger partial charge in [0.2, 0.25) is 5.95 Å². The fourth-order valence-electron chi connectivity index (χ4n) is 2.71. The number of rotatable bonds is 3. The summed E-state index contributed by atoms with van der Waals surface area (Å²) in [6, 6.07) is 8.56. The number of anilines is 1. The van der Waals surface area contributed by atoms with Gasteiger partial charge in [-0.1, -0.05) is 18.6 Å². The first-order chi connectivity index (χ1) is 8.36. The van der Waals surface area contributed by atoms with Crippen molar-refractivity contribution in [2.24, 2.45) is 11.7 Å². The molecule has 0 aliphatic heterocycles. The van der Waals surface area contributed by atoms with Crippen LogP contribution in [0.25, 0.3) is 11.0 Å². The van der Waals surface area contributed by atoms with Gasteiger partial charge in [-0.2, -0.15) is 0 Å². The van der Waals surface area contributed by atoms with Crippen molar-refractivity contribution < 1.29 is 0 Å². The van der Waals surface area contributed by atoms with Gasteiger partial charge in [0.1, 0.15) is 0 Å². The highest BCUT2D eigenvalue weighted by molar-refractivity contribution is 5.77. The number of hydrogen-bond donors (Lipinski definition) is 3. The van der Waals surface area contributed by atoms with Crippen LogP contribution >= 0.6 is 0 Å². The number of nitrogens with one attached hydrogen (secondary N) is 2. The van der Waals surface area contributed by atoms with E-state index in [1.54, 1.807) is 0 Å². The second kappa shape index (κ2) is 4.37. The highest BCUT2D eigenvalue weighted by Gasteiger charge is 2.26. The quantitative estimate of drug-likeness (QED) is 0.756. The van der Waals surface area contributed by atoms with Crippen molar-refractivity contribution in [2.75, 3.05) is 11.9 Å². The Morgan fingerprint density at radius 3 is 3.06 bits per heavy atom. The van der Waals surface area contributed by atoms with Crippen LogP contribution in [0.15, 0.2) is 24.3 Å². The number of nitrogens with zero attached hydrogens (tertiary/aromatic N) is 1. The molecule has 1 saturated carbocycles. The van der Waals surface area contributed by atoms with E-state index in [4.69, 9.17) is 5.73 Å². The minimum absolute atomic E-state index is 0.473. The van der Waals surface area contributed by atoms with Crippen molar-refractivity contribution in [1.82, 2.24) is 9.97 Å². The predicted octanol–water partition coefficient (Wildman–Crippen LogP) is 2.10. The Kier molecular flexibility index (Phi) is 2.73. The van der Waals surface area contributed by atoms with Crippen molar-refractivity contribution in [3.05, 3.63) is 24.3 Å². The van der Waals surface area contributed by atoms with E-state index in [1.807, 2.05) is 24.3 Å². The summed E-state index contributed by atoms with van der Waals surface area (Å²) in [4.78, 5) is 7.84. The highest BCUT2D eigenvalue weighted by atomic mass is 15.1. The van der Waals surface area contributed by atoms with Crippen molar-refractivity contribution in [3.63, 3.8) is 0 Å². The standard InChI is InChI=1S/C13H18N4/c14-8-9-4-3-7-10(9)15-13-16-11-5-1-2-6-12(11)17-13/h1-2,5-6,9-10H,3-4,7-8,14H2,(H2,15,16,17). The Morgan fingerprint density at radius 1 is 1.35 bits per heavy atom. The van der Waals surface area contributed by atoms with Gasteiger partial charge < -0.3 is 16.0 Å². The summed E-state index contributed by atoms with van der Waals surface area (Å²) in [5.74, 6) is 1.46. The first-order valence-electron chi connectivity index (χ1n) is 6.28. The molecule has 2 atom stereocenters. The Bertz CT molecular complexity index is 472. The van der Waals surface area contributed by atoms with Crippen LogP contribution < -0.4 is 11.1 Å². The fourth-order valence-corrected chi connectivity index (χ4v) is 2.71. The summed E-state index contributed by atoms with van der Waals surface area (Å²) in [5.41, 5.74) is 7.87. The lowest BCUT2D eigenvalue weighted by molar-refractivity contribution is 0.514. The van der Waals surface area contributed by atoms with Crippen LogP contribution in [0.3, 0.4) is 0 Å². The molecule has 1 aromatic carbocycles. The van der Waals surface area contributed by atoms with Crippen LogP contribution in [0, 0.1) is 5.92 Å². The lowest BCUT2D eigenvalue weighted by Crippen LogP contribution is -2.29. The average Bonchev–Trinajstić information content (AvgIpc) is 2.94. The molecule has 1 aliphatic rings. The van der Waals surface area contributed by atoms with Crippen molar-refractivity contribution in [1.29, 1.82) is 0 Å². The minimum atomic E-state index is 0.473. The monoisotopic (exact) mass is 230 g/mol. The van der Waals surface area contributed by atoms with Crippen LogP contribution in [-0.2, 0) is 0 Å². The molecule has 2 aromatic rings. The zero-order valence-electron chi connectivity index (χ0n) is 9.82. The van der Waals surface area contributed by atoms with Gasteiger partial charge in [0, 0.05) is 6.04 Å². The van der Waals surface area contributed by atoms with Gasteiger partial charge in [0.25, 0.3) is 0 Å². The second-order valence-electron chi connectivity index (χ2n) is 4.78. The Labute approximate surface area is 101 Å². The summed E-state index contributed by atoms with van der Waals surface area (Å²) >= 11 is 0. The summed E-state index contributed by atoms with van der Waals surface area (Å²) < 4.78 is 0. The maximum atomic E-state index is 5.78. The molecule has 1 aliphatic carbocycles. The first-order valence-corrected chi connectivity index (χ1v) is 6.28. The number of H-pyrrole nitrogens is 1. The largest absolute Gasteiger partial charge is 0.353 e. The van der Waals surface area contributed by atoms with Crippen molar-refractivity contribution in [2.45, 2.75) is 25.3 Å². The zero-order valence-corrected chi connectivity index (χ0v) is 9.82. The molecule has 0 saturated heterocycles. The molecule has 17 heavy (non-hydrogen) atoms. The van der Waals surface area contributed by atoms with Crippen LogP contribution in [0.1, 0.15) is 19.3 Å². The normalized spacial score (nSPS) is 24.3. The summed E-state index contributed by atoms with van der Waals surface area (Å²) in [6.07, 6.45) is 3.69. The lowest BCUT2D eigenvalue weighted by atomic mass is 10.0. The van der Waals surface area contributed by atoms with Gasteiger partial charge in [0.05, 0.1) is 11.0 Å². The van der Waals surface area contributed by atoms with Crippen molar-refractivity contribution >= 4 is 17.0 Å². The Hall–Kier alpha value is -1.55. The van der Waals surface area contributed by atoms with E-state index < -0.39 is 0 Å². The first kappa shape index (κ1) is 10.6. The zero-order chi connectivity index (χ0) is 11.7. The molecule has 0 spiro atoms. The third kappa shape index (κ3) is 2.00. The molecule has 4 N–H and O–H groups in total. The number of para-hydroxylation sites is 2. The number of imidazole rings is 1. The van der Waals surface area contributed by atoms with Gasteiger partial charge in [-0.15, -0.1) is 0 Å². The third-order valence-electron chi connectivity index (χ3n) is 3.67. The van der Waals surface area contributed by atoms with Crippen LogP contribution in [0.5, 0.6) is 0 Å². The van der Waals surface area contributed by atoms with Gasteiger partial charge in [0.15, 0.2) is 0 Å². The topological polar surface area (TPSA) is 66.7 Å². The number of fused-ring (bicyclic) bond motifs is 1. The van der Waals surface area contributed by atoms with Gasteiger partial charge in [-0.3, -0.25) is 0 Å². The van der Waals surface area contributed by atoms with E-state index in [1.165, 1.54) is 19.3 Å². The molecule has 4 heteroatoms. The Morgan fingerprint density at radius 2 is 2.24 bits per heavy atom. The maximum Gasteiger partial charge on any atom is 0.201 e. The van der Waals surface area contributed by atoms with E-state index in [0.717, 1.165) is 23.5 Å². The predicted molar refractivity (Wildman–Crippen MR) is 69.9 cm³/mol. The van der Waals surface area contributed by atoms with E-state index in [9.17, 15) is 0 Å². The molecule has 0 radical (unpaired) electrons. The van der Waals surface area contributed by atoms with E-state index >= 15 is 0 Å². The molecular formula is C13H18N4. The highest BCUT2D eigenvalue weighted by Crippen LogP contribution is 2.27. The van der Waals surface area contributed by atoms with Gasteiger partial charge >= 0.3 is 0 Å². The third-order valence-corrected chi connectivity index (χ3v) is 3.67. The summed E-state index contributed by atoms with van der Waals surface area (Å²) in [7, 11) is 0. The molecule has 1 fully saturated rings. The molecule has 1 heterocycles. The number of benzene rings is 1. The molecule has 1 aromatic heterocycles. The Balaban J connectivity index is 1.80. The number of aromatic amines is 1. The number of hydrogen-bond acceptors (Lipinski definition) is 3. The average molecular weight is 230 g/mol. The van der Waals surface area contributed by atoms with Crippen molar-refractivity contribution in [3.8, 4) is 0 Å². The molecule has 0 bridgehead atoms. The fraction of sp³-hybridized carbons (Fsp3) is 0.462. The van der Waals surface area contributed by atoms with Gasteiger partial charge in [-0.05, 0) is 37.4 Å². The molecular weight excluding hydrogens is 212 g/mol. The molecule has 2 unspecified atom stereocenters. The number of nitrogens with two attached hydrogens (primary N) is 1. The molecule has 3 rings (SSSR count). The van der Waals surface area contributed by atoms with Crippen LogP contribution in [-0.4, -0.2) is 22.6 Å².